The van der Waals surface area contributed by atoms with E-state index in [4.69, 9.17) is 4.74 Å². The highest BCUT2D eigenvalue weighted by Gasteiger charge is 2.21. The lowest BCUT2D eigenvalue weighted by Gasteiger charge is -2.18. The summed E-state index contributed by atoms with van der Waals surface area (Å²) < 4.78 is 5.33. The van der Waals surface area contributed by atoms with Crippen LogP contribution in [-0.4, -0.2) is 18.0 Å². The van der Waals surface area contributed by atoms with E-state index in [0.717, 1.165) is 23.2 Å². The Hall–Kier alpha value is -2.62. The third-order valence-electron chi connectivity index (χ3n) is 4.38. The number of carbonyl (C=O) groups excluding carboxylic acids is 2. The fourth-order valence-corrected chi connectivity index (χ4v) is 2.57. The first-order valence-electron chi connectivity index (χ1n) is 8.60. The van der Waals surface area contributed by atoms with Gasteiger partial charge in [0.1, 0.15) is 0 Å². The standard InChI is InChI=1S/C21H25NO3/c1-5-14(2)17-11-8-9-13-19(17)22-20(23)16(4)25-21(24)18-12-7-6-10-15(18)3/h6-14,16H,5H2,1-4H3,(H,22,23)/t14-,16+/m1/s1. The largest absolute Gasteiger partial charge is 0.449 e. The second-order valence-corrected chi connectivity index (χ2v) is 6.25. The highest BCUT2D eigenvalue weighted by molar-refractivity contribution is 5.98. The number of hydrogen-bond donors (Lipinski definition) is 1. The van der Waals surface area contributed by atoms with Gasteiger partial charge in [0.2, 0.25) is 0 Å². The van der Waals surface area contributed by atoms with Gasteiger partial charge in [-0.15, -0.1) is 0 Å². The molecule has 0 heterocycles. The molecule has 2 atom stereocenters. The van der Waals surface area contributed by atoms with Crippen LogP contribution in [0.5, 0.6) is 0 Å². The summed E-state index contributed by atoms with van der Waals surface area (Å²) in [6.07, 6.45) is 0.0992. The third-order valence-corrected chi connectivity index (χ3v) is 4.38. The Morgan fingerprint density at radius 1 is 1.04 bits per heavy atom. The summed E-state index contributed by atoms with van der Waals surface area (Å²) >= 11 is 0. The Morgan fingerprint density at radius 3 is 2.36 bits per heavy atom. The van der Waals surface area contributed by atoms with Crippen molar-refractivity contribution in [2.24, 2.45) is 0 Å². The summed E-state index contributed by atoms with van der Waals surface area (Å²) in [4.78, 5) is 24.7. The number of hydrogen-bond acceptors (Lipinski definition) is 3. The molecular formula is C21H25NO3. The molecule has 1 N–H and O–H groups in total. The number of aryl methyl sites for hydroxylation is 1. The molecule has 2 aromatic rings. The van der Waals surface area contributed by atoms with Crippen LogP contribution >= 0.6 is 0 Å². The van der Waals surface area contributed by atoms with Crippen LogP contribution in [0.15, 0.2) is 48.5 Å². The lowest BCUT2D eigenvalue weighted by Crippen LogP contribution is -2.30. The van der Waals surface area contributed by atoms with Crippen LogP contribution in [-0.2, 0) is 9.53 Å². The van der Waals surface area contributed by atoms with Crippen molar-refractivity contribution in [2.75, 3.05) is 5.32 Å². The van der Waals surface area contributed by atoms with E-state index in [1.807, 2.05) is 43.3 Å². The second kappa shape index (κ2) is 8.47. The highest BCUT2D eigenvalue weighted by Crippen LogP contribution is 2.26. The molecule has 0 spiro atoms. The molecule has 0 fully saturated rings. The van der Waals surface area contributed by atoms with Crippen LogP contribution in [0.2, 0.25) is 0 Å². The Labute approximate surface area is 149 Å². The first-order valence-corrected chi connectivity index (χ1v) is 8.60. The van der Waals surface area contributed by atoms with E-state index in [1.54, 1.807) is 19.1 Å². The molecule has 1 amide bonds. The zero-order valence-electron chi connectivity index (χ0n) is 15.2. The predicted octanol–water partition coefficient (Wildman–Crippen LogP) is 4.69. The molecule has 0 aliphatic heterocycles. The zero-order valence-corrected chi connectivity index (χ0v) is 15.2. The van der Waals surface area contributed by atoms with Crippen LogP contribution in [0.25, 0.3) is 0 Å². The van der Waals surface area contributed by atoms with Gasteiger partial charge in [-0.25, -0.2) is 4.79 Å². The summed E-state index contributed by atoms with van der Waals surface area (Å²) in [6, 6.07) is 14.9. The van der Waals surface area contributed by atoms with Gasteiger partial charge in [0.25, 0.3) is 5.91 Å². The second-order valence-electron chi connectivity index (χ2n) is 6.25. The molecule has 0 saturated carbocycles. The number of amides is 1. The molecule has 0 saturated heterocycles. The highest BCUT2D eigenvalue weighted by atomic mass is 16.5. The van der Waals surface area contributed by atoms with E-state index in [9.17, 15) is 9.59 Å². The number of carbonyl (C=O) groups is 2. The fraction of sp³-hybridized carbons (Fsp3) is 0.333. The third kappa shape index (κ3) is 4.69. The lowest BCUT2D eigenvalue weighted by molar-refractivity contribution is -0.123. The summed E-state index contributed by atoms with van der Waals surface area (Å²) in [6.45, 7) is 7.64. The van der Waals surface area contributed by atoms with Crippen LogP contribution in [0, 0.1) is 6.92 Å². The minimum Gasteiger partial charge on any atom is -0.449 e. The van der Waals surface area contributed by atoms with Crippen molar-refractivity contribution in [1.82, 2.24) is 0 Å². The van der Waals surface area contributed by atoms with Crippen molar-refractivity contribution in [1.29, 1.82) is 0 Å². The maximum Gasteiger partial charge on any atom is 0.339 e. The quantitative estimate of drug-likeness (QED) is 0.777. The zero-order chi connectivity index (χ0) is 18.4. The van der Waals surface area contributed by atoms with E-state index in [-0.39, 0.29) is 5.91 Å². The van der Waals surface area contributed by atoms with Crippen LogP contribution < -0.4 is 5.32 Å². The Morgan fingerprint density at radius 2 is 1.68 bits per heavy atom. The van der Waals surface area contributed by atoms with E-state index < -0.39 is 12.1 Å². The minimum atomic E-state index is -0.878. The maximum absolute atomic E-state index is 12.4. The molecule has 4 nitrogen and oxygen atoms in total. The molecule has 4 heteroatoms. The fourth-order valence-electron chi connectivity index (χ4n) is 2.57. The molecule has 2 aromatic carbocycles. The number of anilines is 1. The molecule has 0 unspecified atom stereocenters. The van der Waals surface area contributed by atoms with Gasteiger partial charge in [0, 0.05) is 5.69 Å². The van der Waals surface area contributed by atoms with Gasteiger partial charge >= 0.3 is 5.97 Å². The average Bonchev–Trinajstić information content (AvgIpc) is 2.61. The lowest BCUT2D eigenvalue weighted by atomic mass is 9.97. The smallest absolute Gasteiger partial charge is 0.339 e. The average molecular weight is 339 g/mol. The van der Waals surface area contributed by atoms with Gasteiger partial charge in [-0.1, -0.05) is 50.2 Å². The first-order chi connectivity index (χ1) is 11.9. The first kappa shape index (κ1) is 18.7. The van der Waals surface area contributed by atoms with Gasteiger partial charge in [0.15, 0.2) is 6.10 Å². The van der Waals surface area contributed by atoms with Crippen molar-refractivity contribution in [3.8, 4) is 0 Å². The number of benzene rings is 2. The SMILES string of the molecule is CC[C@@H](C)c1ccccc1NC(=O)[C@H](C)OC(=O)c1ccccc1C. The number of ether oxygens (including phenoxy) is 1. The molecule has 0 aromatic heterocycles. The molecule has 0 aliphatic carbocycles. The molecule has 132 valence electrons. The van der Waals surface area contributed by atoms with E-state index >= 15 is 0 Å². The maximum atomic E-state index is 12.4. The van der Waals surface area contributed by atoms with Crippen molar-refractivity contribution >= 4 is 17.6 Å². The van der Waals surface area contributed by atoms with E-state index in [0.29, 0.717) is 11.5 Å². The summed E-state index contributed by atoms with van der Waals surface area (Å²) in [5.74, 6) is -0.491. The molecule has 25 heavy (non-hydrogen) atoms. The molecular weight excluding hydrogens is 314 g/mol. The Bertz CT molecular complexity index is 754. The number of para-hydroxylation sites is 1. The molecule has 0 bridgehead atoms. The summed E-state index contributed by atoms with van der Waals surface area (Å²) in [7, 11) is 0. The van der Waals surface area contributed by atoms with Gasteiger partial charge in [-0.2, -0.15) is 0 Å². The van der Waals surface area contributed by atoms with E-state index in [2.05, 4.69) is 19.2 Å². The molecule has 0 radical (unpaired) electrons. The van der Waals surface area contributed by atoms with E-state index in [1.165, 1.54) is 0 Å². The Balaban J connectivity index is 2.06. The number of nitrogens with one attached hydrogen (secondary N) is 1. The monoisotopic (exact) mass is 339 g/mol. The normalized spacial score (nSPS) is 13.0. The van der Waals surface area contributed by atoms with Gasteiger partial charge in [-0.05, 0) is 49.4 Å². The van der Waals surface area contributed by atoms with Crippen LogP contribution in [0.1, 0.15) is 54.6 Å². The van der Waals surface area contributed by atoms with Crippen molar-refractivity contribution in [3.63, 3.8) is 0 Å². The van der Waals surface area contributed by atoms with Crippen molar-refractivity contribution in [2.45, 2.75) is 46.1 Å². The molecule has 0 aliphatic rings. The predicted molar refractivity (Wildman–Crippen MR) is 99.8 cm³/mol. The van der Waals surface area contributed by atoms with Gasteiger partial charge < -0.3 is 10.1 Å². The number of esters is 1. The number of rotatable bonds is 6. The van der Waals surface area contributed by atoms with Gasteiger partial charge in [-0.3, -0.25) is 4.79 Å². The minimum absolute atomic E-state index is 0.335. The molecule has 2 rings (SSSR count). The summed E-state index contributed by atoms with van der Waals surface area (Å²) in [5.41, 5.74) is 3.14. The Kier molecular flexibility index (Phi) is 6.34. The van der Waals surface area contributed by atoms with Crippen molar-refractivity contribution in [3.05, 3.63) is 65.2 Å². The topological polar surface area (TPSA) is 55.4 Å². The van der Waals surface area contributed by atoms with Crippen LogP contribution in [0.3, 0.4) is 0 Å². The van der Waals surface area contributed by atoms with Crippen molar-refractivity contribution < 1.29 is 14.3 Å². The van der Waals surface area contributed by atoms with Gasteiger partial charge in [0.05, 0.1) is 5.56 Å². The summed E-state index contributed by atoms with van der Waals surface area (Å²) in [5, 5.41) is 2.88. The van der Waals surface area contributed by atoms with Crippen LogP contribution in [0.4, 0.5) is 5.69 Å².